The van der Waals surface area contributed by atoms with Crippen molar-refractivity contribution in [2.24, 2.45) is 0 Å². The molecule has 1 heterocycles. The van der Waals surface area contributed by atoms with Crippen LogP contribution in [0.2, 0.25) is 0 Å². The number of methoxy groups -OCH3 is 1. The summed E-state index contributed by atoms with van der Waals surface area (Å²) < 4.78 is 10.5. The second-order valence-electron chi connectivity index (χ2n) is 5.43. The number of carbonyl (C=O) groups excluding carboxylic acids is 2. The highest BCUT2D eigenvalue weighted by Gasteiger charge is 2.27. The van der Waals surface area contributed by atoms with E-state index in [9.17, 15) is 19.7 Å². The number of nitro benzene ring substituents is 1. The second kappa shape index (κ2) is 7.09. The minimum atomic E-state index is -0.570. The van der Waals surface area contributed by atoms with E-state index >= 15 is 0 Å². The number of rotatable bonds is 5. The van der Waals surface area contributed by atoms with Gasteiger partial charge < -0.3 is 14.8 Å². The van der Waals surface area contributed by atoms with Crippen molar-refractivity contribution in [2.45, 2.75) is 0 Å². The first-order chi connectivity index (χ1) is 12.5. The maximum Gasteiger partial charge on any atom is 0.273 e. The van der Waals surface area contributed by atoms with Crippen molar-refractivity contribution in [3.05, 3.63) is 52.6 Å². The van der Waals surface area contributed by atoms with Gasteiger partial charge in [-0.25, -0.2) is 0 Å². The van der Waals surface area contributed by atoms with Crippen LogP contribution in [0.25, 0.3) is 0 Å². The van der Waals surface area contributed by atoms with Gasteiger partial charge in [0.05, 0.1) is 29.5 Å². The molecule has 0 saturated heterocycles. The molecule has 9 heteroatoms. The third-order valence-electron chi connectivity index (χ3n) is 3.78. The molecule has 0 unspecified atom stereocenters. The van der Waals surface area contributed by atoms with Gasteiger partial charge in [0.15, 0.2) is 18.1 Å². The van der Waals surface area contributed by atoms with Gasteiger partial charge in [-0.3, -0.25) is 24.6 Å². The molecule has 2 aromatic rings. The van der Waals surface area contributed by atoms with Crippen LogP contribution in [0.15, 0.2) is 42.5 Å². The van der Waals surface area contributed by atoms with Crippen LogP contribution < -0.4 is 19.7 Å². The molecule has 2 amide bonds. The number of ether oxygens (including phenoxy) is 2. The Hall–Kier alpha value is -3.62. The molecule has 0 spiro atoms. The summed E-state index contributed by atoms with van der Waals surface area (Å²) in [6.45, 7) is -0.537. The van der Waals surface area contributed by atoms with Crippen molar-refractivity contribution in [2.75, 3.05) is 30.5 Å². The fourth-order valence-corrected chi connectivity index (χ4v) is 2.56. The monoisotopic (exact) mass is 357 g/mol. The maximum atomic E-state index is 12.5. The van der Waals surface area contributed by atoms with Gasteiger partial charge in [0.2, 0.25) is 5.91 Å². The van der Waals surface area contributed by atoms with Crippen molar-refractivity contribution in [3.63, 3.8) is 0 Å². The molecule has 9 nitrogen and oxygen atoms in total. The summed E-state index contributed by atoms with van der Waals surface area (Å²) in [5.74, 6) is -0.434. The molecular weight excluding hydrogens is 342 g/mol. The molecule has 0 saturated carbocycles. The summed E-state index contributed by atoms with van der Waals surface area (Å²) in [6.07, 6.45) is 0. The lowest BCUT2D eigenvalue weighted by molar-refractivity contribution is -0.385. The number of anilines is 2. The minimum Gasteiger partial charge on any atom is -0.493 e. The smallest absolute Gasteiger partial charge is 0.273 e. The summed E-state index contributed by atoms with van der Waals surface area (Å²) in [5, 5.41) is 13.6. The molecule has 3 rings (SSSR count). The molecule has 0 fully saturated rings. The lowest BCUT2D eigenvalue weighted by Crippen LogP contribution is -2.44. The average molecular weight is 357 g/mol. The Morgan fingerprint density at radius 2 is 2.04 bits per heavy atom. The normalized spacial score (nSPS) is 12.8. The van der Waals surface area contributed by atoms with E-state index in [1.807, 2.05) is 0 Å². The Labute approximate surface area is 148 Å². The summed E-state index contributed by atoms with van der Waals surface area (Å²) in [6, 6.07) is 10.7. The highest BCUT2D eigenvalue weighted by molar-refractivity contribution is 6.10. The predicted octanol–water partition coefficient (Wildman–Crippen LogP) is 1.97. The molecular formula is C17H15N3O6. The number of nitrogens with one attached hydrogen (secondary N) is 1. The fourth-order valence-electron chi connectivity index (χ4n) is 2.56. The Balaban J connectivity index is 1.78. The van der Waals surface area contributed by atoms with Gasteiger partial charge >= 0.3 is 0 Å². The van der Waals surface area contributed by atoms with Crippen LogP contribution in [0.3, 0.4) is 0 Å². The highest BCUT2D eigenvalue weighted by Crippen LogP contribution is 2.32. The van der Waals surface area contributed by atoms with Crippen molar-refractivity contribution >= 4 is 28.9 Å². The average Bonchev–Trinajstić information content (AvgIpc) is 2.64. The van der Waals surface area contributed by atoms with E-state index in [0.29, 0.717) is 11.4 Å². The van der Waals surface area contributed by atoms with E-state index in [2.05, 4.69) is 5.32 Å². The number of fused-ring (bicyclic) bond motifs is 1. The van der Waals surface area contributed by atoms with E-state index in [0.717, 1.165) is 0 Å². The number of nitrogens with zero attached hydrogens (tertiary/aromatic N) is 2. The van der Waals surface area contributed by atoms with Gasteiger partial charge in [-0.05, 0) is 18.2 Å². The molecule has 0 radical (unpaired) electrons. The zero-order chi connectivity index (χ0) is 18.7. The van der Waals surface area contributed by atoms with Crippen LogP contribution in [0, 0.1) is 10.1 Å². The second-order valence-corrected chi connectivity index (χ2v) is 5.43. The fraction of sp³-hybridized carbons (Fsp3) is 0.176. The quantitative estimate of drug-likeness (QED) is 0.647. The van der Waals surface area contributed by atoms with E-state index < -0.39 is 17.4 Å². The Kier molecular flexibility index (Phi) is 4.70. The molecule has 0 atom stereocenters. The maximum absolute atomic E-state index is 12.5. The van der Waals surface area contributed by atoms with Crippen molar-refractivity contribution in [1.29, 1.82) is 0 Å². The molecule has 1 N–H and O–H groups in total. The van der Waals surface area contributed by atoms with Crippen molar-refractivity contribution in [1.82, 2.24) is 0 Å². The molecule has 1 aliphatic heterocycles. The summed E-state index contributed by atoms with van der Waals surface area (Å²) >= 11 is 0. The minimum absolute atomic E-state index is 0.0739. The highest BCUT2D eigenvalue weighted by atomic mass is 16.6. The van der Waals surface area contributed by atoms with Crippen LogP contribution in [0.5, 0.6) is 11.5 Å². The largest absolute Gasteiger partial charge is 0.493 e. The Bertz CT molecular complexity index is 883. The van der Waals surface area contributed by atoms with Gasteiger partial charge in [-0.2, -0.15) is 0 Å². The predicted molar refractivity (Wildman–Crippen MR) is 92.6 cm³/mol. The van der Waals surface area contributed by atoms with E-state index in [1.165, 1.54) is 30.2 Å². The standard InChI is InChI=1S/C17H15N3O6/c1-25-14-7-6-11(20(23)24)8-15(14)26-10-17(22)19-9-16(21)18-12-4-2-3-5-13(12)19/h2-8H,9-10H2,1H3,(H,18,21). The lowest BCUT2D eigenvalue weighted by atomic mass is 10.2. The van der Waals surface area contributed by atoms with Gasteiger partial charge in [0, 0.05) is 6.07 Å². The molecule has 134 valence electrons. The number of nitro groups is 1. The first-order valence-electron chi connectivity index (χ1n) is 7.64. The summed E-state index contributed by atoms with van der Waals surface area (Å²) in [4.78, 5) is 36.0. The third-order valence-corrected chi connectivity index (χ3v) is 3.78. The number of para-hydroxylation sites is 2. The SMILES string of the molecule is COc1ccc([N+](=O)[O-])cc1OCC(=O)N1CC(=O)Nc2ccccc21. The van der Waals surface area contributed by atoms with Gasteiger partial charge in [0.1, 0.15) is 6.54 Å². The van der Waals surface area contributed by atoms with E-state index in [1.54, 1.807) is 24.3 Å². The molecule has 26 heavy (non-hydrogen) atoms. The van der Waals surface area contributed by atoms with Gasteiger partial charge in [0.25, 0.3) is 11.6 Å². The Morgan fingerprint density at radius 1 is 1.27 bits per heavy atom. The third kappa shape index (κ3) is 3.41. The molecule has 0 aromatic heterocycles. The first kappa shape index (κ1) is 17.2. The topological polar surface area (TPSA) is 111 Å². The number of amides is 2. The van der Waals surface area contributed by atoms with E-state index in [4.69, 9.17) is 9.47 Å². The summed E-state index contributed by atoms with van der Waals surface area (Å²) in [5.41, 5.74) is 0.910. The van der Waals surface area contributed by atoms with Crippen LogP contribution in [-0.2, 0) is 9.59 Å². The number of non-ortho nitro benzene ring substituents is 1. The first-order valence-corrected chi connectivity index (χ1v) is 7.64. The Morgan fingerprint density at radius 3 is 2.77 bits per heavy atom. The zero-order valence-electron chi connectivity index (χ0n) is 13.8. The molecule has 1 aliphatic rings. The number of benzene rings is 2. The molecule has 2 aromatic carbocycles. The number of hydrogen-bond donors (Lipinski definition) is 1. The van der Waals surface area contributed by atoms with Gasteiger partial charge in [-0.15, -0.1) is 0 Å². The van der Waals surface area contributed by atoms with Crippen LogP contribution >= 0.6 is 0 Å². The zero-order valence-corrected chi connectivity index (χ0v) is 13.8. The number of hydrogen-bond acceptors (Lipinski definition) is 6. The van der Waals surface area contributed by atoms with Crippen LogP contribution in [-0.4, -0.2) is 37.0 Å². The lowest BCUT2D eigenvalue weighted by Gasteiger charge is -2.29. The van der Waals surface area contributed by atoms with Crippen LogP contribution in [0.4, 0.5) is 17.1 Å². The summed E-state index contributed by atoms with van der Waals surface area (Å²) in [7, 11) is 1.39. The molecule has 0 bridgehead atoms. The molecule has 0 aliphatic carbocycles. The van der Waals surface area contributed by atoms with Crippen molar-refractivity contribution in [3.8, 4) is 11.5 Å². The van der Waals surface area contributed by atoms with Gasteiger partial charge in [-0.1, -0.05) is 12.1 Å². The number of carbonyl (C=O) groups is 2. The van der Waals surface area contributed by atoms with Crippen LogP contribution in [0.1, 0.15) is 0 Å². The van der Waals surface area contributed by atoms with E-state index in [-0.39, 0.29) is 29.6 Å². The van der Waals surface area contributed by atoms with Crippen molar-refractivity contribution < 1.29 is 24.0 Å².